The zero-order valence-electron chi connectivity index (χ0n) is 11.2. The van der Waals surface area contributed by atoms with E-state index in [0.717, 1.165) is 10.8 Å². The highest BCUT2D eigenvalue weighted by Crippen LogP contribution is 2.23. The number of hydrogen-bond acceptors (Lipinski definition) is 4. The molecule has 20 heavy (non-hydrogen) atoms. The van der Waals surface area contributed by atoms with Gasteiger partial charge in [0, 0.05) is 18.6 Å². The molecule has 0 aliphatic rings. The molecule has 0 fully saturated rings. The van der Waals surface area contributed by atoms with Crippen molar-refractivity contribution in [2.24, 2.45) is 7.05 Å². The lowest BCUT2D eigenvalue weighted by molar-refractivity contribution is 0.102. The summed E-state index contributed by atoms with van der Waals surface area (Å²) >= 11 is 0. The number of rotatable bonds is 3. The van der Waals surface area contributed by atoms with E-state index in [-0.39, 0.29) is 5.78 Å². The Morgan fingerprint density at radius 1 is 1.25 bits per heavy atom. The van der Waals surface area contributed by atoms with Crippen molar-refractivity contribution in [3.8, 4) is 5.75 Å². The Kier molecular flexibility index (Phi) is 2.95. The molecule has 0 N–H and O–H groups in total. The zero-order chi connectivity index (χ0) is 14.1. The molecule has 0 amide bonds. The van der Waals surface area contributed by atoms with Gasteiger partial charge in [0.25, 0.3) is 0 Å². The second kappa shape index (κ2) is 4.77. The van der Waals surface area contributed by atoms with Gasteiger partial charge in [0.05, 0.1) is 13.3 Å². The Morgan fingerprint density at radius 3 is 2.85 bits per heavy atom. The van der Waals surface area contributed by atoms with Crippen LogP contribution in [0.2, 0.25) is 0 Å². The maximum atomic E-state index is 12.7. The topological polar surface area (TPSA) is 57.0 Å². The molecule has 3 aromatic rings. The molecule has 1 aromatic carbocycles. The van der Waals surface area contributed by atoms with E-state index < -0.39 is 0 Å². The van der Waals surface area contributed by atoms with Gasteiger partial charge in [0.1, 0.15) is 5.69 Å². The molecule has 0 saturated heterocycles. The fraction of sp³-hybridized carbons (Fsp3) is 0.133. The van der Waals surface area contributed by atoms with Gasteiger partial charge in [-0.15, -0.1) is 0 Å². The van der Waals surface area contributed by atoms with Crippen molar-refractivity contribution < 1.29 is 9.53 Å². The Balaban J connectivity index is 2.20. The summed E-state index contributed by atoms with van der Waals surface area (Å²) in [7, 11) is 3.23. The van der Waals surface area contributed by atoms with Crippen LogP contribution in [-0.4, -0.2) is 27.7 Å². The Labute approximate surface area is 115 Å². The average molecular weight is 267 g/mol. The number of nitrogens with zero attached hydrogens (tertiary/aromatic N) is 3. The van der Waals surface area contributed by atoms with Crippen LogP contribution < -0.4 is 4.74 Å². The Morgan fingerprint density at radius 2 is 2.05 bits per heavy atom. The largest absolute Gasteiger partial charge is 0.493 e. The van der Waals surface area contributed by atoms with Crippen molar-refractivity contribution in [1.29, 1.82) is 0 Å². The van der Waals surface area contributed by atoms with E-state index in [1.54, 1.807) is 13.2 Å². The second-order valence-electron chi connectivity index (χ2n) is 4.39. The van der Waals surface area contributed by atoms with Gasteiger partial charge in [-0.05, 0) is 11.5 Å². The van der Waals surface area contributed by atoms with Crippen molar-refractivity contribution in [3.63, 3.8) is 0 Å². The lowest BCUT2D eigenvalue weighted by Crippen LogP contribution is -2.11. The Hall–Kier alpha value is -2.69. The van der Waals surface area contributed by atoms with Crippen molar-refractivity contribution in [2.45, 2.75) is 0 Å². The van der Waals surface area contributed by atoms with Crippen LogP contribution in [-0.2, 0) is 7.05 Å². The molecule has 2 heterocycles. The molecule has 3 rings (SSSR count). The first-order valence-electron chi connectivity index (χ1n) is 6.17. The molecule has 0 saturated carbocycles. The van der Waals surface area contributed by atoms with Crippen LogP contribution in [0.25, 0.3) is 10.8 Å². The number of hydrogen-bond donors (Lipinski definition) is 0. The predicted molar refractivity (Wildman–Crippen MR) is 74.9 cm³/mol. The molecule has 0 bridgehead atoms. The maximum absolute atomic E-state index is 12.7. The zero-order valence-corrected chi connectivity index (χ0v) is 11.2. The van der Waals surface area contributed by atoms with Crippen LogP contribution >= 0.6 is 0 Å². The molecule has 0 radical (unpaired) electrons. The fourth-order valence-electron chi connectivity index (χ4n) is 2.24. The molecule has 2 aromatic heterocycles. The van der Waals surface area contributed by atoms with Crippen LogP contribution in [0.1, 0.15) is 16.2 Å². The summed E-state index contributed by atoms with van der Waals surface area (Å²) in [6, 6.07) is 9.54. The van der Waals surface area contributed by atoms with Crippen molar-refractivity contribution in [3.05, 3.63) is 54.1 Å². The van der Waals surface area contributed by atoms with Gasteiger partial charge in [0.2, 0.25) is 5.78 Å². The molecule has 0 unspecified atom stereocenters. The lowest BCUT2D eigenvalue weighted by atomic mass is 10.1. The summed E-state index contributed by atoms with van der Waals surface area (Å²) in [6.45, 7) is 0. The highest BCUT2D eigenvalue weighted by Gasteiger charge is 2.22. The predicted octanol–water partition coefficient (Wildman–Crippen LogP) is 2.21. The third kappa shape index (κ3) is 1.84. The van der Waals surface area contributed by atoms with Gasteiger partial charge in [-0.1, -0.05) is 24.3 Å². The summed E-state index contributed by atoms with van der Waals surface area (Å²) in [5.41, 5.74) is 0.807. The normalized spacial score (nSPS) is 10.7. The molecule has 0 aliphatic carbocycles. The lowest BCUT2D eigenvalue weighted by Gasteiger charge is -2.06. The number of aromatic nitrogens is 3. The van der Waals surface area contributed by atoms with Crippen LogP contribution in [0.4, 0.5) is 0 Å². The van der Waals surface area contributed by atoms with Gasteiger partial charge in [-0.2, -0.15) is 5.10 Å². The maximum Gasteiger partial charge on any atom is 0.233 e. The third-order valence-corrected chi connectivity index (χ3v) is 3.23. The number of benzene rings is 1. The molecule has 100 valence electrons. The van der Waals surface area contributed by atoms with E-state index in [9.17, 15) is 4.79 Å². The first-order chi connectivity index (χ1) is 9.72. The van der Waals surface area contributed by atoms with E-state index in [4.69, 9.17) is 4.74 Å². The van der Waals surface area contributed by atoms with Crippen LogP contribution in [0.5, 0.6) is 5.75 Å². The number of pyridine rings is 1. The van der Waals surface area contributed by atoms with Crippen molar-refractivity contribution in [2.75, 3.05) is 7.11 Å². The fourth-order valence-corrected chi connectivity index (χ4v) is 2.24. The number of ketones is 1. The molecule has 0 atom stereocenters. The SMILES string of the molecule is COc1cnn(C)c1C(=O)c1nccc2ccccc12. The van der Waals surface area contributed by atoms with Crippen molar-refractivity contribution in [1.82, 2.24) is 14.8 Å². The van der Waals surface area contributed by atoms with Gasteiger partial charge in [-0.3, -0.25) is 14.5 Å². The number of aryl methyl sites for hydroxylation is 1. The van der Waals surface area contributed by atoms with Crippen LogP contribution in [0, 0.1) is 0 Å². The molecular weight excluding hydrogens is 254 g/mol. The standard InChI is InChI=1S/C15H13N3O2/c1-18-14(12(20-2)9-17-18)15(19)13-11-6-4-3-5-10(11)7-8-16-13/h3-9H,1-2H3. The molecular formula is C15H13N3O2. The smallest absolute Gasteiger partial charge is 0.233 e. The quantitative estimate of drug-likeness (QED) is 0.683. The summed E-state index contributed by atoms with van der Waals surface area (Å²) in [5, 5.41) is 5.86. The second-order valence-corrected chi connectivity index (χ2v) is 4.39. The molecule has 0 aliphatic heterocycles. The molecule has 0 spiro atoms. The third-order valence-electron chi connectivity index (χ3n) is 3.23. The average Bonchev–Trinajstić information content (AvgIpc) is 2.87. The number of fused-ring (bicyclic) bond motifs is 1. The first-order valence-corrected chi connectivity index (χ1v) is 6.17. The minimum atomic E-state index is -0.196. The summed E-state index contributed by atoms with van der Waals surface area (Å²) in [5.74, 6) is 0.255. The highest BCUT2D eigenvalue weighted by molar-refractivity contribution is 6.15. The molecule has 5 heteroatoms. The number of carbonyl (C=O) groups is 1. The van der Waals surface area contributed by atoms with E-state index in [2.05, 4.69) is 10.1 Å². The number of ether oxygens (including phenoxy) is 1. The number of carbonyl (C=O) groups excluding carboxylic acids is 1. The van der Waals surface area contributed by atoms with Gasteiger partial charge >= 0.3 is 0 Å². The first kappa shape index (κ1) is 12.3. The number of methoxy groups -OCH3 is 1. The summed E-state index contributed by atoms with van der Waals surface area (Å²) in [6.07, 6.45) is 3.16. The Bertz CT molecular complexity index is 787. The van der Waals surface area contributed by atoms with E-state index in [1.165, 1.54) is 18.0 Å². The summed E-state index contributed by atoms with van der Waals surface area (Å²) in [4.78, 5) is 17.0. The summed E-state index contributed by atoms with van der Waals surface area (Å²) < 4.78 is 6.69. The van der Waals surface area contributed by atoms with Gasteiger partial charge in [0.15, 0.2) is 11.4 Å². The van der Waals surface area contributed by atoms with E-state index in [0.29, 0.717) is 17.1 Å². The van der Waals surface area contributed by atoms with Crippen molar-refractivity contribution >= 4 is 16.6 Å². The van der Waals surface area contributed by atoms with E-state index >= 15 is 0 Å². The van der Waals surface area contributed by atoms with E-state index in [1.807, 2.05) is 30.3 Å². The minimum Gasteiger partial charge on any atom is -0.493 e. The highest BCUT2D eigenvalue weighted by atomic mass is 16.5. The monoisotopic (exact) mass is 267 g/mol. The minimum absolute atomic E-state index is 0.196. The molecule has 5 nitrogen and oxygen atoms in total. The van der Waals surface area contributed by atoms with Crippen LogP contribution in [0.3, 0.4) is 0 Å². The van der Waals surface area contributed by atoms with Gasteiger partial charge < -0.3 is 4.74 Å². The van der Waals surface area contributed by atoms with Gasteiger partial charge in [-0.25, -0.2) is 0 Å². The van der Waals surface area contributed by atoms with Crippen LogP contribution in [0.15, 0.2) is 42.7 Å².